The Labute approximate surface area is 73.9 Å². The minimum atomic E-state index is -0.495. The highest BCUT2D eigenvalue weighted by molar-refractivity contribution is 5.68. The maximum absolute atomic E-state index is 11.1. The average molecular weight is 186 g/mol. The van der Waals surface area contributed by atoms with Crippen molar-refractivity contribution in [2.75, 3.05) is 6.61 Å². The second kappa shape index (κ2) is 3.83. The molecule has 0 amide bonds. The second-order valence-electron chi connectivity index (χ2n) is 2.35. The molecule has 1 aromatic heterocycles. The minimum absolute atomic E-state index is 0.194. The lowest BCUT2D eigenvalue weighted by atomic mass is 10.6. The van der Waals surface area contributed by atoms with Gasteiger partial charge in [-0.15, -0.1) is 0 Å². The Morgan fingerprint density at radius 2 is 2.23 bits per heavy atom. The van der Waals surface area contributed by atoms with Gasteiger partial charge in [0.2, 0.25) is 0 Å². The highest BCUT2D eigenvalue weighted by Gasteiger charge is 2.08. The van der Waals surface area contributed by atoms with Gasteiger partial charge < -0.3 is 4.74 Å². The van der Waals surface area contributed by atoms with Crippen molar-refractivity contribution in [3.63, 3.8) is 0 Å². The zero-order valence-electron chi connectivity index (χ0n) is 7.43. The van der Waals surface area contributed by atoms with Crippen LogP contribution in [0.15, 0.2) is 4.79 Å². The van der Waals surface area contributed by atoms with Crippen molar-refractivity contribution in [1.82, 2.24) is 19.8 Å². The van der Waals surface area contributed by atoms with Gasteiger partial charge >= 0.3 is 11.7 Å². The van der Waals surface area contributed by atoms with Gasteiger partial charge in [-0.3, -0.25) is 4.79 Å². The van der Waals surface area contributed by atoms with Crippen molar-refractivity contribution < 1.29 is 9.53 Å². The maximum atomic E-state index is 11.1. The molecular weight excluding hydrogens is 176 g/mol. The number of aromatic nitrogens is 4. The fourth-order valence-corrected chi connectivity index (χ4v) is 0.780. The molecular formula is C6H10N4O3. The van der Waals surface area contributed by atoms with Crippen LogP contribution in [0.3, 0.4) is 0 Å². The average Bonchev–Trinajstić information content (AvgIpc) is 2.37. The molecule has 0 atom stereocenters. The molecule has 0 spiro atoms. The Bertz CT molecular complexity index is 353. The van der Waals surface area contributed by atoms with Crippen LogP contribution in [0.5, 0.6) is 0 Å². The normalized spacial score (nSPS) is 10.0. The number of hydrogen-bond acceptors (Lipinski definition) is 5. The largest absolute Gasteiger partial charge is 0.465 e. The SMILES string of the molecule is CCOC(=O)Cn1nnn(C)c1=O. The lowest BCUT2D eigenvalue weighted by Gasteiger charge is -1.98. The molecule has 1 rings (SSSR count). The third-order valence-corrected chi connectivity index (χ3v) is 1.36. The highest BCUT2D eigenvalue weighted by atomic mass is 16.5. The molecule has 0 aliphatic heterocycles. The summed E-state index contributed by atoms with van der Waals surface area (Å²) in [7, 11) is 1.46. The molecule has 0 saturated carbocycles. The van der Waals surface area contributed by atoms with Crippen LogP contribution in [-0.2, 0) is 23.1 Å². The van der Waals surface area contributed by atoms with E-state index in [4.69, 9.17) is 0 Å². The van der Waals surface area contributed by atoms with Crippen molar-refractivity contribution in [3.8, 4) is 0 Å². The molecule has 0 aliphatic rings. The van der Waals surface area contributed by atoms with Crippen molar-refractivity contribution in [2.24, 2.45) is 7.05 Å². The van der Waals surface area contributed by atoms with Crippen LogP contribution in [0.2, 0.25) is 0 Å². The van der Waals surface area contributed by atoms with Crippen LogP contribution in [0.4, 0.5) is 0 Å². The predicted molar refractivity (Wildman–Crippen MR) is 41.9 cm³/mol. The lowest BCUT2D eigenvalue weighted by molar-refractivity contribution is -0.144. The molecule has 0 fully saturated rings. The van der Waals surface area contributed by atoms with Gasteiger partial charge in [0.25, 0.3) is 0 Å². The standard InChI is InChI=1S/C6H10N4O3/c1-3-13-5(11)4-10-6(12)9(2)7-8-10/h3-4H2,1-2H3. The first-order chi connectivity index (χ1) is 6.15. The van der Waals surface area contributed by atoms with E-state index in [-0.39, 0.29) is 13.2 Å². The minimum Gasteiger partial charge on any atom is -0.465 e. The van der Waals surface area contributed by atoms with Gasteiger partial charge in [-0.1, -0.05) is 0 Å². The number of tetrazole rings is 1. The number of carbonyl (C=O) groups excluding carboxylic acids is 1. The molecule has 0 saturated heterocycles. The van der Waals surface area contributed by atoms with E-state index in [1.807, 2.05) is 0 Å². The number of carbonyl (C=O) groups is 1. The summed E-state index contributed by atoms with van der Waals surface area (Å²) in [5, 5.41) is 6.89. The van der Waals surface area contributed by atoms with Gasteiger partial charge in [0.15, 0.2) is 0 Å². The van der Waals surface area contributed by atoms with E-state index in [2.05, 4.69) is 15.2 Å². The molecule has 0 radical (unpaired) electrons. The molecule has 0 aliphatic carbocycles. The van der Waals surface area contributed by atoms with Crippen LogP contribution >= 0.6 is 0 Å². The van der Waals surface area contributed by atoms with Crippen molar-refractivity contribution in [3.05, 3.63) is 10.5 Å². The number of hydrogen-bond donors (Lipinski definition) is 0. The van der Waals surface area contributed by atoms with E-state index in [9.17, 15) is 9.59 Å². The second-order valence-corrected chi connectivity index (χ2v) is 2.35. The topological polar surface area (TPSA) is 79.0 Å². The van der Waals surface area contributed by atoms with E-state index >= 15 is 0 Å². The summed E-state index contributed by atoms with van der Waals surface area (Å²) >= 11 is 0. The van der Waals surface area contributed by atoms with E-state index in [0.29, 0.717) is 0 Å². The molecule has 72 valence electrons. The van der Waals surface area contributed by atoms with Crippen molar-refractivity contribution in [2.45, 2.75) is 13.5 Å². The number of nitrogens with zero attached hydrogens (tertiary/aromatic N) is 4. The zero-order chi connectivity index (χ0) is 9.84. The first kappa shape index (κ1) is 9.43. The Balaban J connectivity index is 2.69. The number of ether oxygens (including phenoxy) is 1. The van der Waals surface area contributed by atoms with Crippen LogP contribution in [0, 0.1) is 0 Å². The summed E-state index contributed by atoms with van der Waals surface area (Å²) in [6.07, 6.45) is 0. The molecule has 13 heavy (non-hydrogen) atoms. The highest BCUT2D eigenvalue weighted by Crippen LogP contribution is 1.80. The Kier molecular flexibility index (Phi) is 2.78. The molecule has 1 heterocycles. The molecule has 1 aromatic rings. The van der Waals surface area contributed by atoms with Gasteiger partial charge in [-0.2, -0.15) is 9.36 Å². The first-order valence-corrected chi connectivity index (χ1v) is 3.77. The van der Waals surface area contributed by atoms with E-state index < -0.39 is 11.7 Å². The summed E-state index contributed by atoms with van der Waals surface area (Å²) < 4.78 is 6.62. The van der Waals surface area contributed by atoms with Gasteiger partial charge in [-0.05, 0) is 17.4 Å². The molecule has 7 nitrogen and oxygen atoms in total. The molecule has 0 unspecified atom stereocenters. The quantitative estimate of drug-likeness (QED) is 0.539. The number of esters is 1. The summed E-state index contributed by atoms with van der Waals surface area (Å²) in [6, 6.07) is 0. The molecule has 7 heteroatoms. The van der Waals surface area contributed by atoms with Crippen molar-refractivity contribution >= 4 is 5.97 Å². The Morgan fingerprint density at radius 3 is 2.69 bits per heavy atom. The van der Waals surface area contributed by atoms with Crippen molar-refractivity contribution in [1.29, 1.82) is 0 Å². The summed E-state index contributed by atoms with van der Waals surface area (Å²) in [5.41, 5.74) is -0.437. The summed E-state index contributed by atoms with van der Waals surface area (Å²) in [5.74, 6) is -0.495. The first-order valence-electron chi connectivity index (χ1n) is 3.77. The Hall–Kier alpha value is -1.66. The van der Waals surface area contributed by atoms with E-state index in [1.54, 1.807) is 6.92 Å². The van der Waals surface area contributed by atoms with Crippen LogP contribution < -0.4 is 5.69 Å². The van der Waals surface area contributed by atoms with Gasteiger partial charge in [0, 0.05) is 7.05 Å². The fraction of sp³-hybridized carbons (Fsp3) is 0.667. The van der Waals surface area contributed by atoms with Gasteiger partial charge in [0.05, 0.1) is 6.61 Å². The molecule has 0 bridgehead atoms. The Morgan fingerprint density at radius 1 is 1.54 bits per heavy atom. The number of rotatable bonds is 3. The van der Waals surface area contributed by atoms with E-state index in [0.717, 1.165) is 9.36 Å². The van der Waals surface area contributed by atoms with E-state index in [1.165, 1.54) is 7.05 Å². The summed E-state index contributed by atoms with van der Waals surface area (Å²) in [4.78, 5) is 22.0. The van der Waals surface area contributed by atoms with Crippen LogP contribution in [0.1, 0.15) is 6.92 Å². The summed E-state index contributed by atoms with van der Waals surface area (Å²) in [6.45, 7) is 1.78. The number of aryl methyl sites for hydroxylation is 1. The monoisotopic (exact) mass is 186 g/mol. The van der Waals surface area contributed by atoms with Gasteiger partial charge in [-0.25, -0.2) is 4.79 Å². The zero-order valence-corrected chi connectivity index (χ0v) is 7.43. The molecule has 0 N–H and O–H groups in total. The fourth-order valence-electron chi connectivity index (χ4n) is 0.780. The maximum Gasteiger partial charge on any atom is 0.363 e. The molecule has 0 aromatic carbocycles. The third kappa shape index (κ3) is 2.14. The lowest BCUT2D eigenvalue weighted by Crippen LogP contribution is -2.27. The van der Waals surface area contributed by atoms with Crippen LogP contribution in [-0.4, -0.2) is 32.4 Å². The van der Waals surface area contributed by atoms with Crippen LogP contribution in [0.25, 0.3) is 0 Å². The van der Waals surface area contributed by atoms with Gasteiger partial charge in [0.1, 0.15) is 6.54 Å². The predicted octanol–water partition coefficient (Wildman–Crippen LogP) is -1.46. The smallest absolute Gasteiger partial charge is 0.363 e. The third-order valence-electron chi connectivity index (χ3n) is 1.36.